The van der Waals surface area contributed by atoms with Gasteiger partial charge in [-0.2, -0.15) is 5.26 Å². The molecule has 0 aromatic heterocycles. The summed E-state index contributed by atoms with van der Waals surface area (Å²) in [4.78, 5) is 10.6. The molecule has 0 heterocycles. The SMILES string of the molecule is N#CCc1cccc(C(N)C(=O)O)c1. The molecule has 72 valence electrons. The maximum Gasteiger partial charge on any atom is 0.325 e. The summed E-state index contributed by atoms with van der Waals surface area (Å²) in [6.07, 6.45) is 0.264. The third-order valence-electron chi connectivity index (χ3n) is 1.86. The van der Waals surface area contributed by atoms with Crippen molar-refractivity contribution in [3.8, 4) is 6.07 Å². The maximum atomic E-state index is 10.6. The summed E-state index contributed by atoms with van der Waals surface area (Å²) in [5.41, 5.74) is 6.72. The molecule has 0 saturated heterocycles. The lowest BCUT2D eigenvalue weighted by Crippen LogP contribution is -2.20. The lowest BCUT2D eigenvalue weighted by Gasteiger charge is -2.07. The van der Waals surface area contributed by atoms with E-state index in [-0.39, 0.29) is 6.42 Å². The number of benzene rings is 1. The van der Waals surface area contributed by atoms with Crippen molar-refractivity contribution in [2.24, 2.45) is 5.73 Å². The summed E-state index contributed by atoms with van der Waals surface area (Å²) < 4.78 is 0. The Labute approximate surface area is 81.6 Å². The predicted molar refractivity (Wildman–Crippen MR) is 50.3 cm³/mol. The van der Waals surface area contributed by atoms with Crippen LogP contribution in [-0.4, -0.2) is 11.1 Å². The molecule has 0 amide bonds. The summed E-state index contributed by atoms with van der Waals surface area (Å²) in [6, 6.07) is 7.72. The van der Waals surface area contributed by atoms with E-state index < -0.39 is 12.0 Å². The molecule has 1 aromatic carbocycles. The van der Waals surface area contributed by atoms with Crippen molar-refractivity contribution in [2.75, 3.05) is 0 Å². The second kappa shape index (κ2) is 4.40. The molecule has 4 nitrogen and oxygen atoms in total. The first-order valence-corrected chi connectivity index (χ1v) is 4.09. The molecule has 0 bridgehead atoms. The van der Waals surface area contributed by atoms with Gasteiger partial charge in [0.15, 0.2) is 0 Å². The molecule has 0 fully saturated rings. The number of carbonyl (C=O) groups is 1. The molecule has 1 unspecified atom stereocenters. The lowest BCUT2D eigenvalue weighted by molar-refractivity contribution is -0.138. The minimum atomic E-state index is -1.07. The molecular formula is C10H10N2O2. The van der Waals surface area contributed by atoms with Gasteiger partial charge in [0.1, 0.15) is 6.04 Å². The van der Waals surface area contributed by atoms with E-state index in [4.69, 9.17) is 16.1 Å². The predicted octanol–water partition coefficient (Wildman–Crippen LogP) is 0.837. The number of rotatable bonds is 3. The summed E-state index contributed by atoms with van der Waals surface area (Å²) in [6.45, 7) is 0. The van der Waals surface area contributed by atoms with Gasteiger partial charge in [0.25, 0.3) is 0 Å². The Bertz CT molecular complexity index is 382. The molecule has 0 spiro atoms. The molecule has 14 heavy (non-hydrogen) atoms. The van der Waals surface area contributed by atoms with Gasteiger partial charge in [-0.1, -0.05) is 24.3 Å². The van der Waals surface area contributed by atoms with E-state index in [2.05, 4.69) is 0 Å². The van der Waals surface area contributed by atoms with Gasteiger partial charge >= 0.3 is 5.97 Å². The second-order valence-corrected chi connectivity index (χ2v) is 2.90. The fraction of sp³-hybridized carbons (Fsp3) is 0.200. The highest BCUT2D eigenvalue weighted by Crippen LogP contribution is 2.12. The van der Waals surface area contributed by atoms with Crippen LogP contribution >= 0.6 is 0 Å². The third-order valence-corrected chi connectivity index (χ3v) is 1.86. The first kappa shape index (κ1) is 10.2. The lowest BCUT2D eigenvalue weighted by atomic mass is 10.0. The molecule has 0 saturated carbocycles. The monoisotopic (exact) mass is 190 g/mol. The Morgan fingerprint density at radius 3 is 2.93 bits per heavy atom. The Morgan fingerprint density at radius 1 is 1.64 bits per heavy atom. The summed E-state index contributed by atoms with van der Waals surface area (Å²) in [5, 5.41) is 17.1. The van der Waals surface area contributed by atoms with Gasteiger partial charge in [0.05, 0.1) is 12.5 Å². The van der Waals surface area contributed by atoms with Crippen LogP contribution in [0, 0.1) is 11.3 Å². The Balaban J connectivity index is 2.94. The van der Waals surface area contributed by atoms with Gasteiger partial charge in [0, 0.05) is 0 Å². The molecule has 3 N–H and O–H groups in total. The Hall–Kier alpha value is -1.86. The summed E-state index contributed by atoms with van der Waals surface area (Å²) in [5.74, 6) is -1.07. The fourth-order valence-corrected chi connectivity index (χ4v) is 1.13. The third kappa shape index (κ3) is 2.31. The molecular weight excluding hydrogens is 180 g/mol. The average Bonchev–Trinajstić information content (AvgIpc) is 2.17. The first-order chi connectivity index (χ1) is 6.65. The molecule has 4 heteroatoms. The van der Waals surface area contributed by atoms with Crippen molar-refractivity contribution in [2.45, 2.75) is 12.5 Å². The zero-order chi connectivity index (χ0) is 10.6. The molecule has 1 atom stereocenters. The number of hydrogen-bond acceptors (Lipinski definition) is 3. The van der Waals surface area contributed by atoms with Gasteiger partial charge in [-0.15, -0.1) is 0 Å². The van der Waals surface area contributed by atoms with E-state index in [9.17, 15) is 4.79 Å². The van der Waals surface area contributed by atoms with E-state index >= 15 is 0 Å². The van der Waals surface area contributed by atoms with Gasteiger partial charge in [-0.25, -0.2) is 0 Å². The molecule has 1 rings (SSSR count). The quantitative estimate of drug-likeness (QED) is 0.739. The van der Waals surface area contributed by atoms with Crippen molar-refractivity contribution in [3.63, 3.8) is 0 Å². The van der Waals surface area contributed by atoms with Gasteiger partial charge in [0.2, 0.25) is 0 Å². The van der Waals surface area contributed by atoms with E-state index in [0.717, 1.165) is 5.56 Å². The number of hydrogen-bond donors (Lipinski definition) is 2. The highest BCUT2D eigenvalue weighted by Gasteiger charge is 2.13. The van der Waals surface area contributed by atoms with Crippen LogP contribution in [-0.2, 0) is 11.2 Å². The number of carboxylic acid groups (broad SMARTS) is 1. The summed E-state index contributed by atoms with van der Waals surface area (Å²) >= 11 is 0. The largest absolute Gasteiger partial charge is 0.480 e. The van der Waals surface area contributed by atoms with Gasteiger partial charge < -0.3 is 10.8 Å². The van der Waals surface area contributed by atoms with Crippen molar-refractivity contribution in [3.05, 3.63) is 35.4 Å². The van der Waals surface area contributed by atoms with Crippen molar-refractivity contribution in [1.29, 1.82) is 5.26 Å². The molecule has 0 aliphatic heterocycles. The molecule has 0 aliphatic carbocycles. The van der Waals surface area contributed by atoms with E-state index in [0.29, 0.717) is 5.56 Å². The Kier molecular flexibility index (Phi) is 3.21. The zero-order valence-electron chi connectivity index (χ0n) is 7.47. The normalized spacial score (nSPS) is 11.7. The fourth-order valence-electron chi connectivity index (χ4n) is 1.13. The summed E-state index contributed by atoms with van der Waals surface area (Å²) in [7, 11) is 0. The highest BCUT2D eigenvalue weighted by atomic mass is 16.4. The van der Waals surface area contributed by atoms with E-state index in [1.165, 1.54) is 0 Å². The number of nitrogens with zero attached hydrogens (tertiary/aromatic N) is 1. The zero-order valence-corrected chi connectivity index (χ0v) is 7.47. The van der Waals surface area contributed by atoms with Crippen molar-refractivity contribution in [1.82, 2.24) is 0 Å². The van der Waals surface area contributed by atoms with E-state index in [1.54, 1.807) is 24.3 Å². The smallest absolute Gasteiger partial charge is 0.325 e. The van der Waals surface area contributed by atoms with Crippen molar-refractivity contribution >= 4 is 5.97 Å². The average molecular weight is 190 g/mol. The molecule has 0 aliphatic rings. The van der Waals surface area contributed by atoms with E-state index in [1.807, 2.05) is 6.07 Å². The number of nitrogens with two attached hydrogens (primary N) is 1. The van der Waals surface area contributed by atoms with Gasteiger partial charge in [-0.05, 0) is 11.1 Å². The standard InChI is InChI=1S/C10H10N2O2/c11-5-4-7-2-1-3-8(6-7)9(12)10(13)14/h1-3,6,9H,4,12H2,(H,13,14). The van der Waals surface area contributed by atoms with Crippen LogP contribution in [0.1, 0.15) is 17.2 Å². The first-order valence-electron chi connectivity index (χ1n) is 4.09. The topological polar surface area (TPSA) is 87.1 Å². The second-order valence-electron chi connectivity index (χ2n) is 2.90. The van der Waals surface area contributed by atoms with Crippen LogP contribution in [0.15, 0.2) is 24.3 Å². The molecule has 0 radical (unpaired) electrons. The van der Waals surface area contributed by atoms with Crippen LogP contribution < -0.4 is 5.73 Å². The molecule has 1 aromatic rings. The van der Waals surface area contributed by atoms with Crippen LogP contribution in [0.25, 0.3) is 0 Å². The van der Waals surface area contributed by atoms with Crippen LogP contribution in [0.2, 0.25) is 0 Å². The number of nitriles is 1. The Morgan fingerprint density at radius 2 is 2.36 bits per heavy atom. The minimum absolute atomic E-state index is 0.264. The van der Waals surface area contributed by atoms with Crippen LogP contribution in [0.3, 0.4) is 0 Å². The maximum absolute atomic E-state index is 10.6. The minimum Gasteiger partial charge on any atom is -0.480 e. The number of aliphatic carboxylic acids is 1. The van der Waals surface area contributed by atoms with Crippen LogP contribution in [0.5, 0.6) is 0 Å². The number of carboxylic acids is 1. The van der Waals surface area contributed by atoms with Gasteiger partial charge in [-0.3, -0.25) is 4.79 Å². The van der Waals surface area contributed by atoms with Crippen molar-refractivity contribution < 1.29 is 9.90 Å². The van der Waals surface area contributed by atoms with Crippen LogP contribution in [0.4, 0.5) is 0 Å². The highest BCUT2D eigenvalue weighted by molar-refractivity contribution is 5.75.